The molecule has 1 saturated carbocycles. The van der Waals surface area contributed by atoms with Crippen LogP contribution in [0, 0.1) is 0 Å². The Morgan fingerprint density at radius 2 is 2.04 bits per heavy atom. The molecule has 2 fully saturated rings. The van der Waals surface area contributed by atoms with Gasteiger partial charge in [-0.15, -0.1) is 0 Å². The molecule has 24 heavy (non-hydrogen) atoms. The minimum absolute atomic E-state index is 0.279. The lowest BCUT2D eigenvalue weighted by atomic mass is 9.85. The third-order valence-corrected chi connectivity index (χ3v) is 5.90. The van der Waals surface area contributed by atoms with Crippen LogP contribution in [-0.4, -0.2) is 63.4 Å². The molecule has 0 amide bonds. The van der Waals surface area contributed by atoms with Gasteiger partial charge in [-0.1, -0.05) is 19.3 Å². The van der Waals surface area contributed by atoms with Crippen molar-refractivity contribution in [2.45, 2.75) is 76.9 Å². The van der Waals surface area contributed by atoms with E-state index in [2.05, 4.69) is 33.8 Å². The van der Waals surface area contributed by atoms with Crippen LogP contribution in [0.5, 0.6) is 0 Å². The van der Waals surface area contributed by atoms with Crippen molar-refractivity contribution in [2.75, 3.05) is 26.2 Å². The Bertz CT molecular complexity index is 495. The summed E-state index contributed by atoms with van der Waals surface area (Å²) in [7, 11) is 0. The van der Waals surface area contributed by atoms with E-state index in [4.69, 9.17) is 0 Å². The van der Waals surface area contributed by atoms with Gasteiger partial charge < -0.3 is 5.11 Å². The second-order valence-corrected chi connectivity index (χ2v) is 7.88. The van der Waals surface area contributed by atoms with Gasteiger partial charge in [0.15, 0.2) is 0 Å². The van der Waals surface area contributed by atoms with Gasteiger partial charge in [0.2, 0.25) is 0 Å². The van der Waals surface area contributed by atoms with E-state index < -0.39 is 0 Å². The summed E-state index contributed by atoms with van der Waals surface area (Å²) in [6.45, 7) is 9.05. The summed E-state index contributed by atoms with van der Waals surface area (Å²) in [5.74, 6) is 0.682. The molecule has 1 aromatic rings. The number of nitrogens with one attached hydrogen (secondary N) is 1. The summed E-state index contributed by atoms with van der Waals surface area (Å²) in [6, 6.07) is 1.02. The summed E-state index contributed by atoms with van der Waals surface area (Å²) in [5.41, 5.74) is 2.78. The summed E-state index contributed by atoms with van der Waals surface area (Å²) in [5, 5.41) is 17.1. The van der Waals surface area contributed by atoms with Crippen LogP contribution >= 0.6 is 0 Å². The smallest absolute Gasteiger partial charge is 0.0535 e. The maximum Gasteiger partial charge on any atom is 0.0535 e. The maximum atomic E-state index is 9.42. The number of piperazine rings is 1. The lowest BCUT2D eigenvalue weighted by Crippen LogP contribution is -2.55. The maximum absolute atomic E-state index is 9.42. The van der Waals surface area contributed by atoms with E-state index >= 15 is 0 Å². The first-order valence-corrected chi connectivity index (χ1v) is 9.80. The van der Waals surface area contributed by atoms with Crippen LogP contribution in [0.3, 0.4) is 0 Å². The van der Waals surface area contributed by atoms with Crippen molar-refractivity contribution in [3.63, 3.8) is 0 Å². The minimum atomic E-state index is 0.279. The topological polar surface area (TPSA) is 55.4 Å². The summed E-state index contributed by atoms with van der Waals surface area (Å²) < 4.78 is 0. The molecular weight excluding hydrogens is 300 g/mol. The average molecular weight is 335 g/mol. The standard InChI is InChI=1S/C19H34N4O/c1-15(2)23-10-9-22(14-18(23)8-11-24)13-17-12-20-21-19(17)16-6-4-3-5-7-16/h12,15-16,18,24H,3-11,13-14H2,1-2H3,(H,20,21)/t18-/m0/s1. The Morgan fingerprint density at radius 3 is 2.75 bits per heavy atom. The summed E-state index contributed by atoms with van der Waals surface area (Å²) in [6.07, 6.45) is 9.63. The molecule has 0 spiro atoms. The number of H-pyrrole nitrogens is 1. The predicted octanol–water partition coefficient (Wildman–Crippen LogP) is 2.73. The molecule has 5 nitrogen and oxygen atoms in total. The molecule has 2 aliphatic rings. The Kier molecular flexibility index (Phi) is 6.31. The molecule has 2 N–H and O–H groups in total. The Labute approximate surface area is 146 Å². The number of hydrogen-bond acceptors (Lipinski definition) is 4. The van der Waals surface area contributed by atoms with E-state index in [-0.39, 0.29) is 6.61 Å². The highest BCUT2D eigenvalue weighted by Crippen LogP contribution is 2.33. The fourth-order valence-electron chi connectivity index (χ4n) is 4.60. The molecule has 1 aliphatic carbocycles. The lowest BCUT2D eigenvalue weighted by Gasteiger charge is -2.43. The van der Waals surface area contributed by atoms with E-state index in [1.54, 1.807) is 0 Å². The SMILES string of the molecule is CC(C)N1CCN(Cc2cn[nH]c2C2CCCCC2)C[C@@H]1CCO. The lowest BCUT2D eigenvalue weighted by molar-refractivity contribution is 0.0347. The first kappa shape index (κ1) is 17.9. The molecule has 3 rings (SSSR count). The molecule has 0 radical (unpaired) electrons. The third kappa shape index (κ3) is 4.19. The number of aliphatic hydroxyl groups is 1. The quantitative estimate of drug-likeness (QED) is 0.840. The Morgan fingerprint density at radius 1 is 1.25 bits per heavy atom. The van der Waals surface area contributed by atoms with Crippen molar-refractivity contribution < 1.29 is 5.11 Å². The summed E-state index contributed by atoms with van der Waals surface area (Å²) >= 11 is 0. The van der Waals surface area contributed by atoms with Crippen LogP contribution in [0.25, 0.3) is 0 Å². The van der Waals surface area contributed by atoms with Crippen LogP contribution in [0.1, 0.15) is 69.5 Å². The average Bonchev–Trinajstić information content (AvgIpc) is 3.04. The van der Waals surface area contributed by atoms with Crippen molar-refractivity contribution in [1.82, 2.24) is 20.0 Å². The molecule has 0 bridgehead atoms. The van der Waals surface area contributed by atoms with Crippen molar-refractivity contribution in [1.29, 1.82) is 0 Å². The molecule has 136 valence electrons. The van der Waals surface area contributed by atoms with Crippen molar-refractivity contribution in [2.24, 2.45) is 0 Å². The van der Waals surface area contributed by atoms with Crippen LogP contribution in [0.2, 0.25) is 0 Å². The van der Waals surface area contributed by atoms with Crippen LogP contribution in [0.4, 0.5) is 0 Å². The molecule has 1 aromatic heterocycles. The first-order valence-electron chi connectivity index (χ1n) is 9.80. The van der Waals surface area contributed by atoms with Crippen molar-refractivity contribution in [3.8, 4) is 0 Å². The number of nitrogens with zero attached hydrogens (tertiary/aromatic N) is 3. The van der Waals surface area contributed by atoms with Gasteiger partial charge in [0.25, 0.3) is 0 Å². The van der Waals surface area contributed by atoms with Gasteiger partial charge in [0.05, 0.1) is 6.20 Å². The molecule has 1 atom stereocenters. The van der Waals surface area contributed by atoms with Gasteiger partial charge in [-0.2, -0.15) is 5.10 Å². The largest absolute Gasteiger partial charge is 0.396 e. The van der Waals surface area contributed by atoms with Gasteiger partial charge in [-0.05, 0) is 33.1 Å². The zero-order valence-corrected chi connectivity index (χ0v) is 15.4. The molecule has 5 heteroatoms. The first-order chi connectivity index (χ1) is 11.7. The highest BCUT2D eigenvalue weighted by Gasteiger charge is 2.29. The number of hydrogen-bond donors (Lipinski definition) is 2. The Hall–Kier alpha value is -0.910. The normalized spacial score (nSPS) is 24.8. The zero-order valence-electron chi connectivity index (χ0n) is 15.4. The van der Waals surface area contributed by atoms with E-state index in [0.717, 1.165) is 32.6 Å². The molecule has 1 aliphatic heterocycles. The second-order valence-electron chi connectivity index (χ2n) is 7.88. The highest BCUT2D eigenvalue weighted by atomic mass is 16.3. The fourth-order valence-corrected chi connectivity index (χ4v) is 4.60. The fraction of sp³-hybridized carbons (Fsp3) is 0.842. The number of aromatic nitrogens is 2. The number of aliphatic hydroxyl groups excluding tert-OH is 1. The van der Waals surface area contributed by atoms with Gasteiger partial charge in [0, 0.05) is 62.0 Å². The number of aromatic amines is 1. The summed E-state index contributed by atoms with van der Waals surface area (Å²) in [4.78, 5) is 5.10. The minimum Gasteiger partial charge on any atom is -0.396 e. The predicted molar refractivity (Wildman–Crippen MR) is 97.0 cm³/mol. The van der Waals surface area contributed by atoms with Crippen LogP contribution < -0.4 is 0 Å². The number of rotatable bonds is 6. The highest BCUT2D eigenvalue weighted by molar-refractivity contribution is 5.21. The van der Waals surface area contributed by atoms with Crippen LogP contribution in [-0.2, 0) is 6.54 Å². The molecule has 0 unspecified atom stereocenters. The molecule has 0 aromatic carbocycles. The van der Waals surface area contributed by atoms with Gasteiger partial charge >= 0.3 is 0 Å². The second kappa shape index (κ2) is 8.45. The molecule has 1 saturated heterocycles. The van der Waals surface area contributed by atoms with E-state index in [1.165, 1.54) is 43.4 Å². The van der Waals surface area contributed by atoms with E-state index in [9.17, 15) is 5.11 Å². The van der Waals surface area contributed by atoms with Gasteiger partial charge in [0.1, 0.15) is 0 Å². The van der Waals surface area contributed by atoms with Crippen molar-refractivity contribution in [3.05, 3.63) is 17.5 Å². The van der Waals surface area contributed by atoms with E-state index in [1.807, 2.05) is 6.20 Å². The Balaban J connectivity index is 1.63. The van der Waals surface area contributed by atoms with Gasteiger partial charge in [-0.3, -0.25) is 14.9 Å². The third-order valence-electron chi connectivity index (χ3n) is 5.90. The molecular formula is C19H34N4O. The zero-order chi connectivity index (χ0) is 16.9. The monoisotopic (exact) mass is 334 g/mol. The van der Waals surface area contributed by atoms with E-state index in [0.29, 0.717) is 18.0 Å². The molecule has 2 heterocycles. The van der Waals surface area contributed by atoms with Crippen molar-refractivity contribution >= 4 is 0 Å². The van der Waals surface area contributed by atoms with Crippen LogP contribution in [0.15, 0.2) is 6.20 Å². The van der Waals surface area contributed by atoms with Gasteiger partial charge in [-0.25, -0.2) is 0 Å².